The van der Waals surface area contributed by atoms with Gasteiger partial charge in [-0.25, -0.2) is 4.39 Å². The van der Waals surface area contributed by atoms with Crippen molar-refractivity contribution in [2.45, 2.75) is 6.04 Å². The molecule has 0 aromatic heterocycles. The molecule has 1 saturated heterocycles. The smallest absolute Gasteiger partial charge is 0.166 e. The lowest BCUT2D eigenvalue weighted by Crippen LogP contribution is -2.45. The van der Waals surface area contributed by atoms with Gasteiger partial charge in [-0.2, -0.15) is 0 Å². The van der Waals surface area contributed by atoms with Crippen molar-refractivity contribution in [3.05, 3.63) is 23.8 Å². The summed E-state index contributed by atoms with van der Waals surface area (Å²) in [6.07, 6.45) is 0. The van der Waals surface area contributed by atoms with E-state index in [0.717, 1.165) is 43.2 Å². The zero-order valence-electron chi connectivity index (χ0n) is 10.9. The van der Waals surface area contributed by atoms with Crippen molar-refractivity contribution in [2.75, 3.05) is 46.1 Å². The standard InChI is InChI=1S/C14H19FN2O2/c15-10-12(17-6-4-16-5-7-17)11-2-1-3-13-14(11)19-9-8-18-13/h1-3,12,16H,4-10H2/t12-/m0/s1. The number of halogens is 1. The lowest BCUT2D eigenvalue weighted by molar-refractivity contribution is 0.133. The van der Waals surface area contributed by atoms with Gasteiger partial charge in [-0.05, 0) is 6.07 Å². The highest BCUT2D eigenvalue weighted by Gasteiger charge is 2.27. The van der Waals surface area contributed by atoms with Crippen LogP contribution in [-0.4, -0.2) is 51.0 Å². The zero-order valence-corrected chi connectivity index (χ0v) is 10.9. The van der Waals surface area contributed by atoms with E-state index in [1.54, 1.807) is 0 Å². The van der Waals surface area contributed by atoms with Gasteiger partial charge in [0.25, 0.3) is 0 Å². The molecule has 0 saturated carbocycles. The third-order valence-electron chi connectivity index (χ3n) is 3.69. The van der Waals surface area contributed by atoms with Crippen LogP contribution in [0.25, 0.3) is 0 Å². The first kappa shape index (κ1) is 12.7. The molecule has 19 heavy (non-hydrogen) atoms. The van der Waals surface area contributed by atoms with Crippen LogP contribution in [0.3, 0.4) is 0 Å². The molecule has 1 aromatic carbocycles. The van der Waals surface area contributed by atoms with Gasteiger partial charge >= 0.3 is 0 Å². The van der Waals surface area contributed by atoms with Gasteiger partial charge in [-0.3, -0.25) is 4.90 Å². The van der Waals surface area contributed by atoms with Gasteiger partial charge in [0.2, 0.25) is 0 Å². The molecular weight excluding hydrogens is 247 g/mol. The van der Waals surface area contributed by atoms with Crippen LogP contribution in [0.4, 0.5) is 4.39 Å². The Bertz CT molecular complexity index is 435. The minimum Gasteiger partial charge on any atom is -0.486 e. The maximum Gasteiger partial charge on any atom is 0.166 e. The number of para-hydroxylation sites is 1. The Morgan fingerprint density at radius 1 is 1.21 bits per heavy atom. The number of nitrogens with zero attached hydrogens (tertiary/aromatic N) is 1. The van der Waals surface area contributed by atoms with E-state index in [2.05, 4.69) is 10.2 Å². The highest BCUT2D eigenvalue weighted by molar-refractivity contribution is 5.49. The van der Waals surface area contributed by atoms with Gasteiger partial charge in [0.05, 0.1) is 6.04 Å². The molecule has 1 N–H and O–H groups in total. The number of hydrogen-bond acceptors (Lipinski definition) is 4. The summed E-state index contributed by atoms with van der Waals surface area (Å²) in [5.74, 6) is 1.45. The first-order valence-corrected chi connectivity index (χ1v) is 6.79. The molecule has 104 valence electrons. The maximum absolute atomic E-state index is 13.5. The maximum atomic E-state index is 13.5. The molecule has 0 radical (unpaired) electrons. The number of hydrogen-bond donors (Lipinski definition) is 1. The summed E-state index contributed by atoms with van der Waals surface area (Å²) in [6, 6.07) is 5.50. The summed E-state index contributed by atoms with van der Waals surface area (Å²) in [4.78, 5) is 2.17. The van der Waals surface area contributed by atoms with Gasteiger partial charge < -0.3 is 14.8 Å². The van der Waals surface area contributed by atoms with E-state index in [0.29, 0.717) is 13.2 Å². The fourth-order valence-corrected chi connectivity index (χ4v) is 2.73. The van der Waals surface area contributed by atoms with Crippen LogP contribution < -0.4 is 14.8 Å². The molecule has 1 aromatic rings. The summed E-state index contributed by atoms with van der Waals surface area (Å²) in [7, 11) is 0. The average molecular weight is 266 g/mol. The van der Waals surface area contributed by atoms with E-state index >= 15 is 0 Å². The average Bonchev–Trinajstić information content (AvgIpc) is 2.49. The van der Waals surface area contributed by atoms with Crippen molar-refractivity contribution in [3.63, 3.8) is 0 Å². The summed E-state index contributed by atoms with van der Waals surface area (Å²) in [6.45, 7) is 4.22. The normalized spacial score (nSPS) is 21.1. The number of ether oxygens (including phenoxy) is 2. The molecule has 1 atom stereocenters. The van der Waals surface area contributed by atoms with Crippen LogP contribution in [0, 0.1) is 0 Å². The third-order valence-corrected chi connectivity index (χ3v) is 3.69. The van der Waals surface area contributed by atoms with Gasteiger partial charge in [0.1, 0.15) is 19.9 Å². The molecule has 3 rings (SSSR count). The number of alkyl halides is 1. The van der Waals surface area contributed by atoms with Gasteiger partial charge in [-0.15, -0.1) is 0 Å². The van der Waals surface area contributed by atoms with Crippen molar-refractivity contribution >= 4 is 0 Å². The van der Waals surface area contributed by atoms with Crippen molar-refractivity contribution in [1.82, 2.24) is 10.2 Å². The van der Waals surface area contributed by atoms with E-state index in [1.165, 1.54) is 0 Å². The molecule has 0 unspecified atom stereocenters. The lowest BCUT2D eigenvalue weighted by atomic mass is 10.0. The quantitative estimate of drug-likeness (QED) is 0.896. The van der Waals surface area contributed by atoms with Gasteiger partial charge in [-0.1, -0.05) is 12.1 Å². The minimum atomic E-state index is -0.403. The first-order valence-electron chi connectivity index (χ1n) is 6.79. The Hall–Kier alpha value is -1.33. The largest absolute Gasteiger partial charge is 0.486 e. The Balaban J connectivity index is 1.90. The first-order chi connectivity index (χ1) is 9.40. The highest BCUT2D eigenvalue weighted by Crippen LogP contribution is 2.39. The Kier molecular flexibility index (Phi) is 3.84. The molecule has 0 bridgehead atoms. The van der Waals surface area contributed by atoms with E-state index in [9.17, 15) is 4.39 Å². The Morgan fingerprint density at radius 3 is 2.79 bits per heavy atom. The molecule has 2 aliphatic heterocycles. The molecule has 0 amide bonds. The third kappa shape index (κ3) is 2.53. The van der Waals surface area contributed by atoms with Crippen LogP contribution in [0.15, 0.2) is 18.2 Å². The Morgan fingerprint density at radius 2 is 2.00 bits per heavy atom. The molecule has 0 spiro atoms. The summed E-state index contributed by atoms with van der Waals surface area (Å²) >= 11 is 0. The van der Waals surface area contributed by atoms with E-state index in [-0.39, 0.29) is 6.04 Å². The second-order valence-electron chi connectivity index (χ2n) is 4.83. The van der Waals surface area contributed by atoms with Crippen LogP contribution >= 0.6 is 0 Å². The topological polar surface area (TPSA) is 33.7 Å². The number of fused-ring (bicyclic) bond motifs is 1. The summed E-state index contributed by atoms with van der Waals surface area (Å²) in [5, 5.41) is 3.29. The zero-order chi connectivity index (χ0) is 13.1. The second kappa shape index (κ2) is 5.75. The predicted octanol–water partition coefficient (Wildman–Crippen LogP) is 1.37. The Labute approximate surface area is 112 Å². The van der Waals surface area contributed by atoms with Crippen LogP contribution in [0.1, 0.15) is 11.6 Å². The fraction of sp³-hybridized carbons (Fsp3) is 0.571. The van der Waals surface area contributed by atoms with Crippen molar-refractivity contribution in [2.24, 2.45) is 0 Å². The van der Waals surface area contributed by atoms with Crippen LogP contribution in [0.2, 0.25) is 0 Å². The summed E-state index contributed by atoms with van der Waals surface area (Å²) in [5.41, 5.74) is 0.904. The van der Waals surface area contributed by atoms with Gasteiger partial charge in [0, 0.05) is 31.7 Å². The predicted molar refractivity (Wildman–Crippen MR) is 70.6 cm³/mol. The second-order valence-corrected chi connectivity index (χ2v) is 4.83. The van der Waals surface area contributed by atoms with Crippen molar-refractivity contribution < 1.29 is 13.9 Å². The molecule has 2 heterocycles. The minimum absolute atomic E-state index is 0.237. The molecule has 5 heteroatoms. The number of nitrogens with one attached hydrogen (secondary N) is 1. The van der Waals surface area contributed by atoms with E-state index in [1.807, 2.05) is 18.2 Å². The van der Waals surface area contributed by atoms with E-state index in [4.69, 9.17) is 9.47 Å². The van der Waals surface area contributed by atoms with Gasteiger partial charge in [0.15, 0.2) is 11.5 Å². The molecule has 2 aliphatic rings. The van der Waals surface area contributed by atoms with Crippen molar-refractivity contribution in [1.29, 1.82) is 0 Å². The molecule has 1 fully saturated rings. The van der Waals surface area contributed by atoms with Crippen LogP contribution in [0.5, 0.6) is 11.5 Å². The SMILES string of the molecule is FC[C@@H](c1cccc2c1OCCO2)N1CCNCC1. The number of rotatable bonds is 3. The molecular formula is C14H19FN2O2. The number of piperazine rings is 1. The number of benzene rings is 1. The fourth-order valence-electron chi connectivity index (χ4n) is 2.73. The summed E-state index contributed by atoms with van der Waals surface area (Å²) < 4.78 is 24.8. The monoisotopic (exact) mass is 266 g/mol. The van der Waals surface area contributed by atoms with Crippen LogP contribution in [-0.2, 0) is 0 Å². The van der Waals surface area contributed by atoms with E-state index < -0.39 is 6.67 Å². The molecule has 4 nitrogen and oxygen atoms in total. The van der Waals surface area contributed by atoms with Crippen molar-refractivity contribution in [3.8, 4) is 11.5 Å². The lowest BCUT2D eigenvalue weighted by Gasteiger charge is -2.35. The highest BCUT2D eigenvalue weighted by atomic mass is 19.1. The molecule has 0 aliphatic carbocycles.